The monoisotopic (exact) mass is 306 g/mol. The van der Waals surface area contributed by atoms with E-state index in [1.54, 1.807) is 0 Å². The van der Waals surface area contributed by atoms with Crippen LogP contribution in [0.25, 0.3) is 0 Å². The van der Waals surface area contributed by atoms with Crippen LogP contribution in [0.1, 0.15) is 5.56 Å². The smallest absolute Gasteiger partial charge is 0.282 e. The van der Waals surface area contributed by atoms with Crippen molar-refractivity contribution in [1.29, 1.82) is 0 Å². The van der Waals surface area contributed by atoms with E-state index >= 15 is 0 Å². The van der Waals surface area contributed by atoms with Gasteiger partial charge in [-0.05, 0) is 29.3 Å². The molecule has 1 rings (SSSR count). The maximum absolute atomic E-state index is 12.9. The Labute approximate surface area is 105 Å². The maximum Gasteiger partial charge on any atom is 0.384 e. The molecule has 0 aliphatic carbocycles. The van der Waals surface area contributed by atoms with E-state index in [0.29, 0.717) is 0 Å². The third kappa shape index (κ3) is 3.56. The van der Waals surface area contributed by atoms with Gasteiger partial charge in [-0.2, -0.15) is 26.0 Å². The molecule has 102 valence electrons. The first-order chi connectivity index (χ1) is 7.93. The molecule has 0 aliphatic heterocycles. The predicted octanol–water partition coefficient (Wildman–Crippen LogP) is 2.94. The van der Waals surface area contributed by atoms with Crippen molar-refractivity contribution in [3.63, 3.8) is 0 Å². The summed E-state index contributed by atoms with van der Waals surface area (Å²) in [5.74, 6) is -4.46. The molecule has 1 N–H and O–H groups in total. The highest BCUT2D eigenvalue weighted by Gasteiger charge is 2.54. The summed E-state index contributed by atoms with van der Waals surface area (Å²) in [5.41, 5.74) is -0.243. The molecular weight excluding hydrogens is 300 g/mol. The lowest BCUT2D eigenvalue weighted by Crippen LogP contribution is -2.37. The van der Waals surface area contributed by atoms with Crippen molar-refractivity contribution in [2.24, 2.45) is 0 Å². The Morgan fingerprint density at radius 3 is 1.89 bits per heavy atom. The van der Waals surface area contributed by atoms with E-state index in [9.17, 15) is 26.0 Å². The summed E-state index contributed by atoms with van der Waals surface area (Å²) in [5, 5.41) is -4.70. The van der Waals surface area contributed by atoms with Crippen molar-refractivity contribution in [3.05, 3.63) is 29.8 Å². The zero-order valence-electron chi connectivity index (χ0n) is 8.58. The minimum atomic E-state index is -4.70. The highest BCUT2D eigenvalue weighted by atomic mass is 35.5. The molecule has 1 aromatic rings. The molecule has 0 radical (unpaired) electrons. The van der Waals surface area contributed by atoms with Crippen molar-refractivity contribution in [1.82, 2.24) is 0 Å². The molecule has 0 atom stereocenters. The topological polar surface area (TPSA) is 54.4 Å². The first-order valence-electron chi connectivity index (χ1n) is 4.44. The predicted molar refractivity (Wildman–Crippen MR) is 55.7 cm³/mol. The Morgan fingerprint density at radius 2 is 1.56 bits per heavy atom. The summed E-state index contributed by atoms with van der Waals surface area (Å²) < 4.78 is 80.4. The van der Waals surface area contributed by atoms with Gasteiger partial charge >= 0.3 is 11.3 Å². The van der Waals surface area contributed by atoms with Crippen molar-refractivity contribution in [2.45, 2.75) is 22.6 Å². The second kappa shape index (κ2) is 4.67. The maximum atomic E-state index is 12.9. The zero-order chi connectivity index (χ0) is 14.2. The molecule has 18 heavy (non-hydrogen) atoms. The summed E-state index contributed by atoms with van der Waals surface area (Å²) in [6.07, 6.45) is -1.35. The number of hydrogen-bond acceptors (Lipinski definition) is 2. The molecule has 0 amide bonds. The van der Waals surface area contributed by atoms with Gasteiger partial charge in [-0.1, -0.05) is 12.1 Å². The lowest BCUT2D eigenvalue weighted by Gasteiger charge is -2.20. The molecule has 3 nitrogen and oxygen atoms in total. The second-order valence-electron chi connectivity index (χ2n) is 3.50. The Balaban J connectivity index is 2.95. The molecule has 9 heteroatoms. The van der Waals surface area contributed by atoms with Crippen LogP contribution in [0.4, 0.5) is 17.6 Å². The molecule has 0 saturated heterocycles. The van der Waals surface area contributed by atoms with E-state index in [1.165, 1.54) is 0 Å². The molecular formula is C9H7ClF4O3S. The van der Waals surface area contributed by atoms with Crippen LogP contribution in [-0.4, -0.2) is 24.3 Å². The van der Waals surface area contributed by atoms with Gasteiger partial charge in [0.1, 0.15) is 0 Å². The zero-order valence-corrected chi connectivity index (χ0v) is 10.2. The number of rotatable bonds is 4. The molecule has 0 fully saturated rings. The highest BCUT2D eigenvalue weighted by Crippen LogP contribution is 2.40. The van der Waals surface area contributed by atoms with Crippen molar-refractivity contribution >= 4 is 21.7 Å². The van der Waals surface area contributed by atoms with Crippen molar-refractivity contribution < 1.29 is 30.5 Å². The van der Waals surface area contributed by atoms with Gasteiger partial charge in [0.05, 0.1) is 4.90 Å². The van der Waals surface area contributed by atoms with Gasteiger partial charge in [-0.15, -0.1) is 0 Å². The van der Waals surface area contributed by atoms with Gasteiger partial charge < -0.3 is 0 Å². The average Bonchev–Trinajstić information content (AvgIpc) is 2.14. The fraction of sp³-hybridized carbons (Fsp3) is 0.333. The standard InChI is InChI=1S/C9H7ClF4O3S/c10-9(13,14)8(11,12)5-6-1-3-7(4-2-6)18(15,16)17/h1-4H,5H2,(H,15,16,17). The van der Waals surface area contributed by atoms with Crippen LogP contribution in [0.3, 0.4) is 0 Å². The van der Waals surface area contributed by atoms with Gasteiger partial charge in [0.2, 0.25) is 0 Å². The van der Waals surface area contributed by atoms with Crippen LogP contribution >= 0.6 is 11.6 Å². The third-order valence-corrected chi connectivity index (χ3v) is 3.21. The summed E-state index contributed by atoms with van der Waals surface area (Å²) in [4.78, 5) is -0.521. The van der Waals surface area contributed by atoms with E-state index in [0.717, 1.165) is 24.3 Å². The number of benzene rings is 1. The minimum Gasteiger partial charge on any atom is -0.282 e. The van der Waals surface area contributed by atoms with Gasteiger partial charge in [0, 0.05) is 6.42 Å². The Morgan fingerprint density at radius 1 is 1.11 bits per heavy atom. The van der Waals surface area contributed by atoms with Crippen LogP contribution < -0.4 is 0 Å². The van der Waals surface area contributed by atoms with Crippen molar-refractivity contribution in [2.75, 3.05) is 0 Å². The van der Waals surface area contributed by atoms with Crippen LogP contribution in [0.15, 0.2) is 29.2 Å². The van der Waals surface area contributed by atoms with Crippen LogP contribution in [0.5, 0.6) is 0 Å². The Bertz CT molecular complexity index is 522. The number of alkyl halides is 5. The lowest BCUT2D eigenvalue weighted by atomic mass is 10.1. The SMILES string of the molecule is O=S(=O)(O)c1ccc(CC(F)(F)C(F)(F)Cl)cc1. The molecule has 0 saturated carbocycles. The first-order valence-corrected chi connectivity index (χ1v) is 6.26. The van der Waals surface area contributed by atoms with Gasteiger partial charge in [0.25, 0.3) is 10.1 Å². The summed E-state index contributed by atoms with van der Waals surface area (Å²) >= 11 is 4.26. The molecule has 1 aromatic carbocycles. The van der Waals surface area contributed by atoms with Gasteiger partial charge in [-0.25, -0.2) is 0 Å². The van der Waals surface area contributed by atoms with E-state index in [1.807, 2.05) is 0 Å². The van der Waals surface area contributed by atoms with Crippen molar-refractivity contribution in [3.8, 4) is 0 Å². The van der Waals surface area contributed by atoms with E-state index in [4.69, 9.17) is 4.55 Å². The molecule has 0 bridgehead atoms. The second-order valence-corrected chi connectivity index (χ2v) is 5.39. The molecule has 0 heterocycles. The quantitative estimate of drug-likeness (QED) is 0.528. The van der Waals surface area contributed by atoms with E-state index in [2.05, 4.69) is 11.6 Å². The van der Waals surface area contributed by atoms with Gasteiger partial charge in [-0.3, -0.25) is 4.55 Å². The summed E-state index contributed by atoms with van der Waals surface area (Å²) in [6, 6.07) is 3.43. The minimum absolute atomic E-state index is 0.243. The fourth-order valence-corrected chi connectivity index (χ4v) is 1.68. The molecule has 0 aliphatic rings. The average molecular weight is 307 g/mol. The fourth-order valence-electron chi connectivity index (χ4n) is 1.14. The number of hydrogen-bond donors (Lipinski definition) is 1. The van der Waals surface area contributed by atoms with Crippen LogP contribution in [0.2, 0.25) is 0 Å². The Kier molecular flexibility index (Phi) is 3.94. The lowest BCUT2D eigenvalue weighted by molar-refractivity contribution is -0.155. The Hall–Kier alpha value is -0.860. The van der Waals surface area contributed by atoms with E-state index < -0.39 is 32.7 Å². The molecule has 0 unspecified atom stereocenters. The van der Waals surface area contributed by atoms with Gasteiger partial charge in [0.15, 0.2) is 0 Å². The normalized spacial score (nSPS) is 13.7. The summed E-state index contributed by atoms with van der Waals surface area (Å²) in [7, 11) is -4.45. The first kappa shape index (κ1) is 15.2. The molecule has 0 aromatic heterocycles. The molecule has 0 spiro atoms. The summed E-state index contributed by atoms with van der Waals surface area (Å²) in [6.45, 7) is 0. The third-order valence-electron chi connectivity index (χ3n) is 2.06. The van der Waals surface area contributed by atoms with E-state index in [-0.39, 0.29) is 5.56 Å². The largest absolute Gasteiger partial charge is 0.384 e. The number of halogens is 5. The highest BCUT2D eigenvalue weighted by molar-refractivity contribution is 7.85. The van der Waals surface area contributed by atoms with Crippen LogP contribution in [-0.2, 0) is 16.5 Å². The van der Waals surface area contributed by atoms with Crippen LogP contribution in [0, 0.1) is 0 Å².